The number of hydrogen-bond donors (Lipinski definition) is 0. The molecule has 0 fully saturated rings. The van der Waals surface area contributed by atoms with Crippen LogP contribution in [0.5, 0.6) is 0 Å². The molecule has 0 aliphatic heterocycles. The van der Waals surface area contributed by atoms with Crippen molar-refractivity contribution in [3.05, 3.63) is 0 Å². The van der Waals surface area contributed by atoms with Crippen LogP contribution in [0.4, 0.5) is 0 Å². The van der Waals surface area contributed by atoms with Crippen LogP contribution in [0.2, 0.25) is 0 Å². The minimum atomic E-state index is -1.61. The van der Waals surface area contributed by atoms with E-state index in [4.69, 9.17) is 58.0 Å². The standard InChI is InChI=1S/C3H7Cl.CCl4/c1-2-3-4;2-1(3,4)5/h2-3H2,1H3;. The molecule has 0 spiro atoms. The second-order valence-corrected chi connectivity index (χ2v) is 4.92. The molecule has 0 radical (unpaired) electrons. The van der Waals surface area contributed by atoms with E-state index in [0.29, 0.717) is 0 Å². The molecule has 0 saturated heterocycles. The Bertz CT molecular complexity index is 39.4. The predicted octanol–water partition coefficient (Wildman–Crippen LogP) is 4.19. The number of rotatable bonds is 1. The summed E-state index contributed by atoms with van der Waals surface area (Å²) < 4.78 is -1.61. The summed E-state index contributed by atoms with van der Waals surface area (Å²) in [5.41, 5.74) is 0. The third-order valence-corrected chi connectivity index (χ3v) is 0.567. The van der Waals surface area contributed by atoms with E-state index in [9.17, 15) is 0 Å². The summed E-state index contributed by atoms with van der Waals surface area (Å²) in [5.74, 6) is 0.792. The van der Waals surface area contributed by atoms with Gasteiger partial charge in [0, 0.05) is 5.88 Å². The fraction of sp³-hybridized carbons (Fsp3) is 1.00. The molecule has 0 amide bonds. The highest BCUT2D eigenvalue weighted by Gasteiger charge is 2.11. The van der Waals surface area contributed by atoms with Crippen LogP contribution < -0.4 is 0 Å². The third kappa shape index (κ3) is 87.4. The van der Waals surface area contributed by atoms with E-state index in [0.717, 1.165) is 12.3 Å². The van der Waals surface area contributed by atoms with Crippen LogP contribution in [-0.4, -0.2) is 9.13 Å². The molecule has 0 unspecified atom stereocenters. The van der Waals surface area contributed by atoms with Crippen LogP contribution in [0.1, 0.15) is 13.3 Å². The Hall–Kier alpha value is 1.45. The minimum Gasteiger partial charge on any atom is -0.127 e. The lowest BCUT2D eigenvalue weighted by atomic mass is 10.6. The van der Waals surface area contributed by atoms with Crippen LogP contribution in [-0.2, 0) is 0 Å². The summed E-state index contributed by atoms with van der Waals surface area (Å²) >= 11 is 24.5. The predicted molar refractivity (Wildman–Crippen MR) is 47.2 cm³/mol. The average Bonchev–Trinajstić information content (AvgIpc) is 1.61. The van der Waals surface area contributed by atoms with Crippen molar-refractivity contribution in [2.45, 2.75) is 16.6 Å². The van der Waals surface area contributed by atoms with Crippen LogP contribution >= 0.6 is 58.0 Å². The van der Waals surface area contributed by atoms with Crippen molar-refractivity contribution in [2.75, 3.05) is 5.88 Å². The fourth-order valence-corrected chi connectivity index (χ4v) is 0. The van der Waals surface area contributed by atoms with Crippen molar-refractivity contribution in [1.29, 1.82) is 0 Å². The second-order valence-electron chi connectivity index (χ2n) is 1.12. The highest BCUT2D eigenvalue weighted by Crippen LogP contribution is 2.29. The second kappa shape index (κ2) is 7.56. The molecule has 58 valence electrons. The zero-order chi connectivity index (χ0) is 7.91. The molecule has 0 rings (SSSR count). The lowest BCUT2D eigenvalue weighted by Gasteiger charge is -1.91. The van der Waals surface area contributed by atoms with Gasteiger partial charge in [-0.05, 0) is 6.42 Å². The van der Waals surface area contributed by atoms with Crippen molar-refractivity contribution in [3.8, 4) is 0 Å². The molecule has 9 heavy (non-hydrogen) atoms. The van der Waals surface area contributed by atoms with Gasteiger partial charge in [0.05, 0.1) is 0 Å². The summed E-state index contributed by atoms with van der Waals surface area (Å²) in [4.78, 5) is 0. The van der Waals surface area contributed by atoms with Crippen molar-refractivity contribution in [3.63, 3.8) is 0 Å². The Morgan fingerprint density at radius 1 is 1.11 bits per heavy atom. The Balaban J connectivity index is 0. The largest absolute Gasteiger partial charge is 0.266 e. The van der Waals surface area contributed by atoms with Crippen molar-refractivity contribution in [2.24, 2.45) is 0 Å². The van der Waals surface area contributed by atoms with Gasteiger partial charge >= 0.3 is 0 Å². The van der Waals surface area contributed by atoms with Crippen molar-refractivity contribution < 1.29 is 0 Å². The van der Waals surface area contributed by atoms with Gasteiger partial charge in [-0.1, -0.05) is 53.3 Å². The van der Waals surface area contributed by atoms with Crippen molar-refractivity contribution >= 4 is 58.0 Å². The van der Waals surface area contributed by atoms with Gasteiger partial charge in [0.1, 0.15) is 0 Å². The average molecular weight is 232 g/mol. The van der Waals surface area contributed by atoms with E-state index < -0.39 is 3.25 Å². The summed E-state index contributed by atoms with van der Waals surface area (Å²) in [6, 6.07) is 0. The summed E-state index contributed by atoms with van der Waals surface area (Å²) in [6.07, 6.45) is 1.08. The maximum Gasteiger partial charge on any atom is 0.266 e. The van der Waals surface area contributed by atoms with Crippen LogP contribution in [0.3, 0.4) is 0 Å². The quantitative estimate of drug-likeness (QED) is 0.595. The first-order chi connectivity index (χ1) is 3.91. The highest BCUT2D eigenvalue weighted by atomic mass is 35.6. The fourth-order valence-electron chi connectivity index (χ4n) is 0. The van der Waals surface area contributed by atoms with Gasteiger partial charge < -0.3 is 0 Å². The number of hydrogen-bond acceptors (Lipinski definition) is 0. The molecule has 0 bridgehead atoms. The maximum absolute atomic E-state index is 5.19. The summed E-state index contributed by atoms with van der Waals surface area (Å²) in [7, 11) is 0. The minimum absolute atomic E-state index is 0.792. The van der Waals surface area contributed by atoms with Gasteiger partial charge in [-0.25, -0.2) is 0 Å². The molecule has 0 N–H and O–H groups in total. The van der Waals surface area contributed by atoms with E-state index in [1.807, 2.05) is 6.92 Å². The summed E-state index contributed by atoms with van der Waals surface area (Å²) in [6.45, 7) is 2.05. The molecular weight excluding hydrogens is 225 g/mol. The maximum atomic E-state index is 5.19. The molecule has 0 atom stereocenters. The molecule has 0 aromatic carbocycles. The van der Waals surface area contributed by atoms with E-state index in [2.05, 4.69) is 0 Å². The van der Waals surface area contributed by atoms with E-state index in [1.165, 1.54) is 0 Å². The zero-order valence-electron chi connectivity index (χ0n) is 4.80. The molecule has 0 heterocycles. The monoisotopic (exact) mass is 230 g/mol. The molecule has 5 heteroatoms. The molecule has 0 aliphatic carbocycles. The van der Waals surface area contributed by atoms with E-state index in [-0.39, 0.29) is 0 Å². The van der Waals surface area contributed by atoms with Gasteiger partial charge in [0.15, 0.2) is 0 Å². The van der Waals surface area contributed by atoms with Gasteiger partial charge in [-0.3, -0.25) is 0 Å². The topological polar surface area (TPSA) is 0 Å². The van der Waals surface area contributed by atoms with Gasteiger partial charge in [0.25, 0.3) is 3.25 Å². The van der Waals surface area contributed by atoms with Gasteiger partial charge in [-0.15, -0.1) is 11.6 Å². The first-order valence-corrected chi connectivity index (χ1v) is 4.28. The first-order valence-electron chi connectivity index (χ1n) is 2.23. The lowest BCUT2D eigenvalue weighted by Crippen LogP contribution is -1.81. The SMILES string of the molecule is CCCCl.ClC(Cl)(Cl)Cl. The molecule has 0 aliphatic rings. The molecule has 0 nitrogen and oxygen atoms in total. The number of halogens is 5. The molecule has 0 aromatic rings. The Morgan fingerprint density at radius 2 is 1.22 bits per heavy atom. The number of alkyl halides is 5. The Kier molecular flexibility index (Phi) is 11.0. The van der Waals surface area contributed by atoms with Crippen LogP contribution in [0.15, 0.2) is 0 Å². The summed E-state index contributed by atoms with van der Waals surface area (Å²) in [5, 5.41) is 0. The van der Waals surface area contributed by atoms with Crippen molar-refractivity contribution in [1.82, 2.24) is 0 Å². The zero-order valence-corrected chi connectivity index (χ0v) is 8.58. The third-order valence-electron chi connectivity index (χ3n) is 0.189. The normalized spacial score (nSPS) is 10.0. The highest BCUT2D eigenvalue weighted by molar-refractivity contribution is 6.83. The molecular formula is C4H7Cl5. The lowest BCUT2D eigenvalue weighted by molar-refractivity contribution is 1.10. The molecule has 0 saturated carbocycles. The van der Waals surface area contributed by atoms with E-state index in [1.54, 1.807) is 0 Å². The van der Waals surface area contributed by atoms with Crippen LogP contribution in [0.25, 0.3) is 0 Å². The Morgan fingerprint density at radius 3 is 1.22 bits per heavy atom. The Labute approximate surface area is 80.4 Å². The van der Waals surface area contributed by atoms with Gasteiger partial charge in [0.2, 0.25) is 0 Å². The molecule has 0 aromatic heterocycles. The van der Waals surface area contributed by atoms with Gasteiger partial charge in [-0.2, -0.15) is 0 Å². The smallest absolute Gasteiger partial charge is 0.127 e. The van der Waals surface area contributed by atoms with E-state index >= 15 is 0 Å². The van der Waals surface area contributed by atoms with Crippen LogP contribution in [0, 0.1) is 0 Å². The first kappa shape index (κ1) is 13.1.